The Bertz CT molecular complexity index is 2400. The lowest BCUT2D eigenvalue weighted by atomic mass is 9.67. The maximum absolute atomic E-state index is 13.5. The molecule has 4 saturated heterocycles. The van der Waals surface area contributed by atoms with E-state index in [1.54, 1.807) is 49.3 Å². The number of pyridine rings is 2. The van der Waals surface area contributed by atoms with E-state index < -0.39 is 7.60 Å². The number of aldehydes is 1. The van der Waals surface area contributed by atoms with Crippen molar-refractivity contribution in [3.05, 3.63) is 114 Å². The van der Waals surface area contributed by atoms with Gasteiger partial charge in [0.15, 0.2) is 0 Å². The minimum Gasteiger partial charge on any atom is -0.447 e. The van der Waals surface area contributed by atoms with Crippen LogP contribution in [-0.2, 0) is 34.0 Å². The largest absolute Gasteiger partial charge is 0.447 e. The Labute approximate surface area is 392 Å². The van der Waals surface area contributed by atoms with Crippen molar-refractivity contribution in [1.82, 2.24) is 19.8 Å². The quantitative estimate of drug-likeness (QED) is 0.106. The van der Waals surface area contributed by atoms with Crippen LogP contribution in [-0.4, -0.2) is 89.8 Å². The van der Waals surface area contributed by atoms with Crippen LogP contribution in [0.3, 0.4) is 0 Å². The van der Waals surface area contributed by atoms with Gasteiger partial charge < -0.3 is 33.1 Å². The van der Waals surface area contributed by atoms with E-state index in [1.807, 2.05) is 35.2 Å². The van der Waals surface area contributed by atoms with Crippen LogP contribution in [0.4, 0.5) is 18.4 Å². The highest BCUT2D eigenvalue weighted by atomic mass is 31.2. The summed E-state index contributed by atoms with van der Waals surface area (Å²) in [6, 6.07) is 20.5. The van der Waals surface area contributed by atoms with Crippen molar-refractivity contribution in [2.24, 2.45) is 35.5 Å². The molecule has 67 heavy (non-hydrogen) atoms. The molecule has 6 aliphatic rings. The van der Waals surface area contributed by atoms with E-state index in [0.29, 0.717) is 61.7 Å². The summed E-state index contributed by atoms with van der Waals surface area (Å²) < 4.78 is 60.1. The number of rotatable bonds is 11. The summed E-state index contributed by atoms with van der Waals surface area (Å²) in [6.07, 6.45) is 18.3. The number of piperidine rings is 2. The molecule has 6 unspecified atom stereocenters. The van der Waals surface area contributed by atoms with Crippen LogP contribution in [0, 0.1) is 47.1 Å². The van der Waals surface area contributed by atoms with Gasteiger partial charge in [-0.1, -0.05) is 68.2 Å². The van der Waals surface area contributed by atoms with Gasteiger partial charge >= 0.3 is 19.8 Å². The highest BCUT2D eigenvalue weighted by Crippen LogP contribution is 2.51. The molecular formula is C52H61F2N4O8P. The lowest BCUT2D eigenvalue weighted by Crippen LogP contribution is -2.53. The smallest absolute Gasteiger partial charge is 0.410 e. The molecule has 0 spiro atoms. The number of benzene rings is 2. The highest BCUT2D eigenvalue weighted by molar-refractivity contribution is 7.53. The molecule has 10 rings (SSSR count). The van der Waals surface area contributed by atoms with Crippen molar-refractivity contribution >= 4 is 32.1 Å². The Kier molecular flexibility index (Phi) is 16.0. The Morgan fingerprint density at radius 1 is 0.687 bits per heavy atom. The molecule has 2 saturated carbocycles. The molecule has 0 radical (unpaired) electrons. The van der Waals surface area contributed by atoms with Crippen molar-refractivity contribution in [3.8, 4) is 22.3 Å². The summed E-state index contributed by atoms with van der Waals surface area (Å²) in [4.78, 5) is 47.5. The molecule has 0 N–H and O–H groups in total. The van der Waals surface area contributed by atoms with E-state index in [-0.39, 0.29) is 48.0 Å². The van der Waals surface area contributed by atoms with E-state index >= 15 is 0 Å². The molecular weight excluding hydrogens is 878 g/mol. The second-order valence-electron chi connectivity index (χ2n) is 18.3. The van der Waals surface area contributed by atoms with Crippen molar-refractivity contribution in [2.75, 3.05) is 39.5 Å². The zero-order valence-electron chi connectivity index (χ0n) is 38.3. The molecule has 12 nitrogen and oxygen atoms in total. The second kappa shape index (κ2) is 22.2. The monoisotopic (exact) mass is 938 g/mol. The number of carbonyl (C=O) groups is 3. The number of cyclic esters (lactones) is 2. The van der Waals surface area contributed by atoms with Crippen molar-refractivity contribution < 1.29 is 46.3 Å². The molecule has 6 heterocycles. The van der Waals surface area contributed by atoms with Gasteiger partial charge in [0.1, 0.15) is 31.1 Å². The molecule has 2 aromatic heterocycles. The third-order valence-electron chi connectivity index (χ3n) is 14.3. The number of aromatic nitrogens is 2. The molecule has 6 fully saturated rings. The Morgan fingerprint density at radius 2 is 1.21 bits per heavy atom. The van der Waals surface area contributed by atoms with Gasteiger partial charge in [0.2, 0.25) is 0 Å². The maximum atomic E-state index is 13.5. The minimum atomic E-state index is -3.16. The molecule has 2 aliphatic carbocycles. The molecule has 2 amide bonds. The van der Waals surface area contributed by atoms with Crippen molar-refractivity contribution in [1.29, 1.82) is 0 Å². The van der Waals surface area contributed by atoms with Gasteiger partial charge in [-0.2, -0.15) is 0 Å². The summed E-state index contributed by atoms with van der Waals surface area (Å²) in [6.45, 7) is 6.72. The molecule has 8 atom stereocenters. The predicted molar refractivity (Wildman–Crippen MR) is 250 cm³/mol. The Hall–Kier alpha value is -5.30. The molecule has 2 aromatic carbocycles. The van der Waals surface area contributed by atoms with Gasteiger partial charge in [-0.3, -0.25) is 14.5 Å². The van der Waals surface area contributed by atoms with Crippen LogP contribution < -0.4 is 0 Å². The average Bonchev–Trinajstić information content (AvgIpc) is 3.90. The number of hydrogen-bond donors (Lipinski definition) is 0. The van der Waals surface area contributed by atoms with Gasteiger partial charge in [-0.05, 0) is 117 Å². The Morgan fingerprint density at radius 3 is 1.70 bits per heavy atom. The number of amides is 2. The summed E-state index contributed by atoms with van der Waals surface area (Å²) in [5.74, 6) is 1.97. The molecule has 4 aliphatic heterocycles. The topological polar surface area (TPSA) is 137 Å². The average molecular weight is 939 g/mol. The highest BCUT2D eigenvalue weighted by Gasteiger charge is 2.50. The molecule has 4 aromatic rings. The van der Waals surface area contributed by atoms with Crippen LogP contribution in [0.2, 0.25) is 0 Å². The fraction of sp³-hybridized carbons (Fsp3) is 0.481. The predicted octanol–water partition coefficient (Wildman–Crippen LogP) is 11.3. The standard InChI is InChI=1S/C24H25FN2O2.C16H19FNO3P.C12H17NO3/c25-19-6-3-5-16(12-19)17-8-9-20(26-13-17)10-11-22-21-7-2-1-4-18(21)14-27-23(22)15-29-24(27)28;1-3-20-22(19,21-4-2)12-16-9-8-14(11-18-16)13-6-5-7-15(17)10-13;14-6-10-9-4-2-1-3-8(9)5-13-11(10)7-16-12(13)15/h3,5-6,8-13,18,21-23H,1-2,4,7,14-15H2;5-11H,3-4,12H2,1-2H3;6,8-11H,1-5,7H2/b11-10+;;/t18?,21?,22?,23-;;8?,9?,10?,11-/m1.1/s1. The first kappa shape index (κ1) is 48.2. The van der Waals surface area contributed by atoms with Crippen molar-refractivity contribution in [2.45, 2.75) is 83.5 Å². The fourth-order valence-corrected chi connectivity index (χ4v) is 12.7. The molecule has 356 valence electrons. The van der Waals surface area contributed by atoms with Crippen LogP contribution in [0.1, 0.15) is 76.6 Å². The molecule has 0 bridgehead atoms. The number of hydrogen-bond acceptors (Lipinski definition) is 10. The zero-order chi connectivity index (χ0) is 46.9. The number of ether oxygens (including phenoxy) is 2. The van der Waals surface area contributed by atoms with Gasteiger partial charge in [0.05, 0.1) is 42.8 Å². The van der Waals surface area contributed by atoms with Crippen LogP contribution in [0.5, 0.6) is 0 Å². The van der Waals surface area contributed by atoms with E-state index in [0.717, 1.165) is 60.2 Å². The number of halogens is 2. The van der Waals surface area contributed by atoms with Crippen molar-refractivity contribution in [3.63, 3.8) is 0 Å². The minimum absolute atomic E-state index is 0.00509. The Balaban J connectivity index is 0.000000142. The van der Waals surface area contributed by atoms with E-state index in [9.17, 15) is 27.7 Å². The van der Waals surface area contributed by atoms with Gasteiger partial charge in [0.25, 0.3) is 0 Å². The van der Waals surface area contributed by atoms with E-state index in [4.69, 9.17) is 18.5 Å². The number of carbonyl (C=O) groups excluding carboxylic acids is 3. The zero-order valence-corrected chi connectivity index (χ0v) is 39.2. The second-order valence-corrected chi connectivity index (χ2v) is 20.3. The number of fused-ring (bicyclic) bond motifs is 4. The maximum Gasteiger partial charge on any atom is 0.410 e. The summed E-state index contributed by atoms with van der Waals surface area (Å²) >= 11 is 0. The summed E-state index contributed by atoms with van der Waals surface area (Å²) in [5, 5.41) is 0. The van der Waals surface area contributed by atoms with Gasteiger partial charge in [0, 0.05) is 48.4 Å². The fourth-order valence-electron chi connectivity index (χ4n) is 11.1. The third kappa shape index (κ3) is 11.5. The first-order valence-corrected chi connectivity index (χ1v) is 25.6. The van der Waals surface area contributed by atoms with Crippen LogP contribution >= 0.6 is 7.60 Å². The molecule has 15 heteroatoms. The lowest BCUT2D eigenvalue weighted by Gasteiger charge is -2.46. The SMILES string of the molecule is CCOP(=O)(Cc1ccc(-c2cccc(F)c2)cn1)OCC.O=C1OC[C@@H]2C(/C=C/c3ccc(-c4cccc(F)c4)cn3)C3CCCCC3CN12.O=CC1C2CCCCC2CN2C(=O)OC[C@H]12. The summed E-state index contributed by atoms with van der Waals surface area (Å²) in [7, 11) is -3.16. The normalized spacial score (nSPS) is 26.4. The number of nitrogens with zero attached hydrogens (tertiary/aromatic N) is 4. The van der Waals surface area contributed by atoms with Crippen LogP contribution in [0.15, 0.2) is 91.3 Å². The van der Waals surface area contributed by atoms with E-state index in [1.165, 1.54) is 62.8 Å². The lowest BCUT2D eigenvalue weighted by molar-refractivity contribution is -0.118. The van der Waals surface area contributed by atoms with Crippen LogP contribution in [0.25, 0.3) is 28.3 Å². The van der Waals surface area contributed by atoms with Gasteiger partial charge in [-0.15, -0.1) is 0 Å². The first-order valence-electron chi connectivity index (χ1n) is 23.9. The first-order chi connectivity index (χ1) is 32.6. The summed E-state index contributed by atoms with van der Waals surface area (Å²) in [5.41, 5.74) is 4.75. The third-order valence-corrected chi connectivity index (χ3v) is 16.3. The van der Waals surface area contributed by atoms with E-state index in [2.05, 4.69) is 22.1 Å². The van der Waals surface area contributed by atoms with Gasteiger partial charge in [-0.25, -0.2) is 18.4 Å².